The van der Waals surface area contributed by atoms with E-state index in [9.17, 15) is 0 Å². The van der Waals surface area contributed by atoms with Gasteiger partial charge in [0.1, 0.15) is 0 Å². The van der Waals surface area contributed by atoms with Crippen molar-refractivity contribution in [1.82, 2.24) is 9.97 Å². The molecule has 1 aliphatic carbocycles. The molecule has 1 aliphatic rings. The number of H-pyrrole nitrogens is 1. The molecule has 1 heterocycles. The van der Waals surface area contributed by atoms with Crippen LogP contribution >= 0.6 is 11.6 Å². The summed E-state index contributed by atoms with van der Waals surface area (Å²) in [5.41, 5.74) is 6.59. The van der Waals surface area contributed by atoms with E-state index in [2.05, 4.69) is 82.8 Å². The molecule has 0 saturated heterocycles. The summed E-state index contributed by atoms with van der Waals surface area (Å²) in [6.45, 7) is 0. The lowest BCUT2D eigenvalue weighted by molar-refractivity contribution is 0.620. The molecule has 1 N–H and O–H groups in total. The Hall–Kier alpha value is -3.62. The van der Waals surface area contributed by atoms with Crippen molar-refractivity contribution in [3.63, 3.8) is 0 Å². The Bertz CT molecular complexity index is 1700. The molecule has 2 nitrogen and oxygen atoms in total. The van der Waals surface area contributed by atoms with Gasteiger partial charge in [0.25, 0.3) is 0 Å². The second-order valence-electron chi connectivity index (χ2n) is 9.31. The zero-order valence-electron chi connectivity index (χ0n) is 18.7. The van der Waals surface area contributed by atoms with Crippen LogP contribution in [0.2, 0.25) is 5.02 Å². The first-order valence-electron chi connectivity index (χ1n) is 11.9. The van der Waals surface area contributed by atoms with Crippen molar-refractivity contribution in [3.05, 3.63) is 113 Å². The van der Waals surface area contributed by atoms with E-state index in [1.54, 1.807) is 6.33 Å². The highest BCUT2D eigenvalue weighted by molar-refractivity contribution is 6.31. The SMILES string of the molecule is Clc1ccc2c(ccc3c4c(ccc32)C(c2ccc3ccccc3c2-c2c[nH]cn2)CCC4)c1. The van der Waals surface area contributed by atoms with Gasteiger partial charge < -0.3 is 4.98 Å². The van der Waals surface area contributed by atoms with Crippen molar-refractivity contribution in [2.45, 2.75) is 25.2 Å². The molecule has 3 heteroatoms. The number of hydrogen-bond acceptors (Lipinski definition) is 1. The number of hydrogen-bond donors (Lipinski definition) is 1. The number of benzene rings is 5. The van der Waals surface area contributed by atoms with Crippen LogP contribution in [0.1, 0.15) is 35.4 Å². The Morgan fingerprint density at radius 1 is 0.765 bits per heavy atom. The third-order valence-corrected chi connectivity index (χ3v) is 7.75. The van der Waals surface area contributed by atoms with Crippen LogP contribution in [-0.4, -0.2) is 9.97 Å². The Labute approximate surface area is 203 Å². The number of aromatic nitrogens is 2. The second kappa shape index (κ2) is 7.72. The maximum atomic E-state index is 6.26. The molecule has 0 saturated carbocycles. The highest BCUT2D eigenvalue weighted by atomic mass is 35.5. The molecular weight excluding hydrogens is 436 g/mol. The Morgan fingerprint density at radius 2 is 1.59 bits per heavy atom. The van der Waals surface area contributed by atoms with E-state index in [0.717, 1.165) is 23.6 Å². The molecule has 0 radical (unpaired) electrons. The van der Waals surface area contributed by atoms with E-state index in [-0.39, 0.29) is 0 Å². The van der Waals surface area contributed by atoms with Gasteiger partial charge in [-0.2, -0.15) is 0 Å². The Kier molecular flexibility index (Phi) is 4.50. The third-order valence-electron chi connectivity index (χ3n) is 7.51. The van der Waals surface area contributed by atoms with Gasteiger partial charge in [0.15, 0.2) is 0 Å². The quantitative estimate of drug-likeness (QED) is 0.258. The summed E-state index contributed by atoms with van der Waals surface area (Å²) in [6.07, 6.45) is 7.25. The number of imidazole rings is 1. The monoisotopic (exact) mass is 458 g/mol. The molecular formula is C31H23ClN2. The van der Waals surface area contributed by atoms with Gasteiger partial charge in [-0.3, -0.25) is 0 Å². The van der Waals surface area contributed by atoms with Gasteiger partial charge in [-0.15, -0.1) is 0 Å². The topological polar surface area (TPSA) is 28.7 Å². The molecule has 1 unspecified atom stereocenters. The maximum Gasteiger partial charge on any atom is 0.0927 e. The number of nitrogens with zero attached hydrogens (tertiary/aromatic N) is 1. The van der Waals surface area contributed by atoms with Crippen LogP contribution in [0.15, 0.2) is 91.4 Å². The smallest absolute Gasteiger partial charge is 0.0927 e. The molecule has 0 spiro atoms. The van der Waals surface area contributed by atoms with Gasteiger partial charge >= 0.3 is 0 Å². The minimum atomic E-state index is 0.352. The normalized spacial score (nSPS) is 15.7. The third kappa shape index (κ3) is 2.99. The molecule has 0 amide bonds. The number of aromatic amines is 1. The molecule has 0 bridgehead atoms. The van der Waals surface area contributed by atoms with Crippen LogP contribution in [-0.2, 0) is 6.42 Å². The summed E-state index contributed by atoms with van der Waals surface area (Å²) in [4.78, 5) is 7.84. The van der Waals surface area contributed by atoms with E-state index in [0.29, 0.717) is 5.92 Å². The fourth-order valence-electron chi connectivity index (χ4n) is 6.03. The average Bonchev–Trinajstić information content (AvgIpc) is 3.41. The lowest BCUT2D eigenvalue weighted by atomic mass is 9.75. The molecule has 7 rings (SSSR count). The minimum absolute atomic E-state index is 0.352. The maximum absolute atomic E-state index is 6.26. The molecule has 1 aromatic heterocycles. The molecule has 6 aromatic rings. The Morgan fingerprint density at radius 3 is 2.50 bits per heavy atom. The predicted molar refractivity (Wildman–Crippen MR) is 143 cm³/mol. The Balaban J connectivity index is 1.48. The lowest BCUT2D eigenvalue weighted by Gasteiger charge is -2.29. The van der Waals surface area contributed by atoms with Crippen molar-refractivity contribution in [1.29, 1.82) is 0 Å². The van der Waals surface area contributed by atoms with Crippen molar-refractivity contribution in [2.75, 3.05) is 0 Å². The highest BCUT2D eigenvalue weighted by Gasteiger charge is 2.27. The number of rotatable bonds is 2. The molecule has 164 valence electrons. The average molecular weight is 459 g/mol. The van der Waals surface area contributed by atoms with E-state index in [1.807, 2.05) is 12.3 Å². The van der Waals surface area contributed by atoms with Crippen LogP contribution in [0.3, 0.4) is 0 Å². The predicted octanol–water partition coefficient (Wildman–Crippen LogP) is 8.66. The fraction of sp³-hybridized carbons (Fsp3) is 0.129. The molecule has 1 atom stereocenters. The lowest BCUT2D eigenvalue weighted by Crippen LogP contribution is -2.13. The zero-order valence-corrected chi connectivity index (χ0v) is 19.4. The van der Waals surface area contributed by atoms with Gasteiger partial charge in [0.05, 0.1) is 12.0 Å². The summed E-state index contributed by atoms with van der Waals surface area (Å²) < 4.78 is 0. The largest absolute Gasteiger partial charge is 0.351 e. The molecule has 5 aromatic carbocycles. The second-order valence-corrected chi connectivity index (χ2v) is 9.75. The van der Waals surface area contributed by atoms with Crippen molar-refractivity contribution < 1.29 is 0 Å². The van der Waals surface area contributed by atoms with Crippen LogP contribution in [0.5, 0.6) is 0 Å². The van der Waals surface area contributed by atoms with Crippen LogP contribution in [0.4, 0.5) is 0 Å². The number of aryl methyl sites for hydroxylation is 1. The van der Waals surface area contributed by atoms with Crippen LogP contribution in [0.25, 0.3) is 43.6 Å². The minimum Gasteiger partial charge on any atom is -0.351 e. The number of nitrogens with one attached hydrogen (secondary N) is 1. The van der Waals surface area contributed by atoms with Crippen molar-refractivity contribution in [2.24, 2.45) is 0 Å². The van der Waals surface area contributed by atoms with E-state index in [4.69, 9.17) is 11.6 Å². The molecule has 0 aliphatic heterocycles. The summed E-state index contributed by atoms with van der Waals surface area (Å²) >= 11 is 6.26. The first-order chi connectivity index (χ1) is 16.8. The van der Waals surface area contributed by atoms with Gasteiger partial charge in [-0.25, -0.2) is 4.98 Å². The van der Waals surface area contributed by atoms with Gasteiger partial charge in [-0.05, 0) is 80.4 Å². The first-order valence-corrected chi connectivity index (χ1v) is 12.3. The van der Waals surface area contributed by atoms with Crippen LogP contribution in [0, 0.1) is 0 Å². The number of fused-ring (bicyclic) bond motifs is 6. The van der Waals surface area contributed by atoms with E-state index >= 15 is 0 Å². The van der Waals surface area contributed by atoms with Crippen LogP contribution < -0.4 is 0 Å². The zero-order chi connectivity index (χ0) is 22.6. The van der Waals surface area contributed by atoms with Gasteiger partial charge in [0.2, 0.25) is 0 Å². The van der Waals surface area contributed by atoms with E-state index < -0.39 is 0 Å². The van der Waals surface area contributed by atoms with Crippen molar-refractivity contribution >= 4 is 43.9 Å². The molecule has 34 heavy (non-hydrogen) atoms. The number of halogens is 1. The van der Waals surface area contributed by atoms with Gasteiger partial charge in [-0.1, -0.05) is 78.3 Å². The summed E-state index contributed by atoms with van der Waals surface area (Å²) in [5, 5.41) is 8.47. The standard InChI is InChI=1S/C31H23ClN2/c32-21-10-13-22-20(16-21)9-11-27-24-6-3-7-25(28(24)15-14-26(22)27)29-12-8-19-4-1-2-5-23(19)31(29)30-17-33-18-34-30/h1-2,4-5,8-18,25H,3,6-7H2,(H,33,34). The van der Waals surface area contributed by atoms with Gasteiger partial charge in [0, 0.05) is 22.7 Å². The van der Waals surface area contributed by atoms with E-state index in [1.165, 1.54) is 61.0 Å². The summed E-state index contributed by atoms with van der Waals surface area (Å²) in [6, 6.07) is 28.7. The summed E-state index contributed by atoms with van der Waals surface area (Å²) in [7, 11) is 0. The highest BCUT2D eigenvalue weighted by Crippen LogP contribution is 2.45. The summed E-state index contributed by atoms with van der Waals surface area (Å²) in [5.74, 6) is 0.352. The van der Waals surface area contributed by atoms with Crippen molar-refractivity contribution in [3.8, 4) is 11.3 Å². The molecule has 0 fully saturated rings. The first kappa shape index (κ1) is 19.8. The fourth-order valence-corrected chi connectivity index (χ4v) is 6.21.